The summed E-state index contributed by atoms with van der Waals surface area (Å²) in [4.78, 5) is 0. The standard InChI is InChI=1S/C15H22BrNO2/c1-18-14-8-12(13(16)9-15(14)19-2)10-17-7-6-11-4-3-5-11/h8-9,11,17H,3-7,10H2,1-2H3. The number of hydrogen-bond acceptors (Lipinski definition) is 3. The molecule has 106 valence electrons. The fourth-order valence-corrected chi connectivity index (χ4v) is 2.81. The average Bonchev–Trinajstić information content (AvgIpc) is 2.37. The van der Waals surface area contributed by atoms with Crippen molar-refractivity contribution in [3.8, 4) is 11.5 Å². The molecular formula is C15H22BrNO2. The molecule has 1 aromatic rings. The lowest BCUT2D eigenvalue weighted by molar-refractivity contribution is 0.292. The Labute approximate surface area is 123 Å². The van der Waals surface area contributed by atoms with Crippen LogP contribution >= 0.6 is 15.9 Å². The number of benzene rings is 1. The molecule has 0 unspecified atom stereocenters. The third-order valence-electron chi connectivity index (χ3n) is 3.82. The van der Waals surface area contributed by atoms with E-state index in [1.807, 2.05) is 12.1 Å². The second-order valence-corrected chi connectivity index (χ2v) is 5.92. The fraction of sp³-hybridized carbons (Fsp3) is 0.600. The number of hydrogen-bond donors (Lipinski definition) is 1. The molecule has 1 N–H and O–H groups in total. The smallest absolute Gasteiger partial charge is 0.161 e. The zero-order chi connectivity index (χ0) is 13.7. The Bertz CT molecular complexity index is 419. The first-order valence-electron chi connectivity index (χ1n) is 6.85. The van der Waals surface area contributed by atoms with Gasteiger partial charge in [0.05, 0.1) is 14.2 Å². The number of halogens is 1. The van der Waals surface area contributed by atoms with E-state index in [2.05, 4.69) is 21.2 Å². The second kappa shape index (κ2) is 7.15. The van der Waals surface area contributed by atoms with Crippen molar-refractivity contribution >= 4 is 15.9 Å². The topological polar surface area (TPSA) is 30.5 Å². The van der Waals surface area contributed by atoms with Gasteiger partial charge in [0, 0.05) is 11.0 Å². The van der Waals surface area contributed by atoms with E-state index in [1.165, 1.54) is 31.2 Å². The summed E-state index contributed by atoms with van der Waals surface area (Å²) in [6, 6.07) is 3.99. The summed E-state index contributed by atoms with van der Waals surface area (Å²) >= 11 is 3.58. The molecule has 1 aliphatic rings. The van der Waals surface area contributed by atoms with Crippen molar-refractivity contribution in [1.82, 2.24) is 5.32 Å². The van der Waals surface area contributed by atoms with Gasteiger partial charge in [-0.3, -0.25) is 0 Å². The highest BCUT2D eigenvalue weighted by Crippen LogP contribution is 2.33. The van der Waals surface area contributed by atoms with Gasteiger partial charge in [0.2, 0.25) is 0 Å². The lowest BCUT2D eigenvalue weighted by atomic mass is 9.83. The highest BCUT2D eigenvalue weighted by Gasteiger charge is 2.16. The summed E-state index contributed by atoms with van der Waals surface area (Å²) in [6.45, 7) is 1.94. The summed E-state index contributed by atoms with van der Waals surface area (Å²) in [6.07, 6.45) is 5.56. The van der Waals surface area contributed by atoms with E-state index in [1.54, 1.807) is 14.2 Å². The van der Waals surface area contributed by atoms with Crippen molar-refractivity contribution in [2.45, 2.75) is 32.2 Å². The van der Waals surface area contributed by atoms with Gasteiger partial charge in [-0.05, 0) is 36.6 Å². The molecule has 1 saturated carbocycles. The Morgan fingerprint density at radius 2 is 1.89 bits per heavy atom. The lowest BCUT2D eigenvalue weighted by Gasteiger charge is -2.25. The van der Waals surface area contributed by atoms with E-state index < -0.39 is 0 Å². The van der Waals surface area contributed by atoms with Crippen molar-refractivity contribution < 1.29 is 9.47 Å². The van der Waals surface area contributed by atoms with Crippen LogP contribution in [0.1, 0.15) is 31.2 Å². The van der Waals surface area contributed by atoms with Crippen LogP contribution in [0.15, 0.2) is 16.6 Å². The Kier molecular flexibility index (Phi) is 5.52. The molecule has 1 aromatic carbocycles. The van der Waals surface area contributed by atoms with E-state index in [-0.39, 0.29) is 0 Å². The second-order valence-electron chi connectivity index (χ2n) is 5.06. The van der Waals surface area contributed by atoms with Gasteiger partial charge in [-0.25, -0.2) is 0 Å². The van der Waals surface area contributed by atoms with Crippen molar-refractivity contribution in [2.75, 3.05) is 20.8 Å². The maximum absolute atomic E-state index is 5.33. The maximum atomic E-state index is 5.33. The van der Waals surface area contributed by atoms with Gasteiger partial charge >= 0.3 is 0 Å². The molecular weight excluding hydrogens is 306 g/mol. The van der Waals surface area contributed by atoms with Crippen molar-refractivity contribution in [2.24, 2.45) is 5.92 Å². The van der Waals surface area contributed by atoms with Crippen LogP contribution in [0.4, 0.5) is 0 Å². The summed E-state index contributed by atoms with van der Waals surface area (Å²) in [7, 11) is 3.32. The average molecular weight is 328 g/mol. The predicted molar refractivity (Wildman–Crippen MR) is 80.9 cm³/mol. The Hall–Kier alpha value is -0.740. The Morgan fingerprint density at radius 1 is 1.21 bits per heavy atom. The number of methoxy groups -OCH3 is 2. The van der Waals surface area contributed by atoms with Crippen LogP contribution in [0.2, 0.25) is 0 Å². The number of nitrogens with one attached hydrogen (secondary N) is 1. The lowest BCUT2D eigenvalue weighted by Crippen LogP contribution is -2.21. The molecule has 0 bridgehead atoms. The quantitative estimate of drug-likeness (QED) is 0.774. The summed E-state index contributed by atoms with van der Waals surface area (Å²) in [5.74, 6) is 2.50. The maximum Gasteiger partial charge on any atom is 0.161 e. The van der Waals surface area contributed by atoms with E-state index in [0.717, 1.165) is 35.0 Å². The first kappa shape index (κ1) is 14.7. The number of rotatable bonds is 7. The zero-order valence-electron chi connectivity index (χ0n) is 11.7. The fourth-order valence-electron chi connectivity index (χ4n) is 2.34. The predicted octanol–water partition coefficient (Wildman–Crippen LogP) is 3.75. The Balaban J connectivity index is 1.87. The first-order valence-corrected chi connectivity index (χ1v) is 7.65. The van der Waals surface area contributed by atoms with E-state index in [0.29, 0.717) is 0 Å². The van der Waals surface area contributed by atoms with Crippen LogP contribution in [0, 0.1) is 5.92 Å². The molecule has 3 nitrogen and oxygen atoms in total. The van der Waals surface area contributed by atoms with E-state index in [4.69, 9.17) is 9.47 Å². The van der Waals surface area contributed by atoms with Crippen LogP contribution in [-0.4, -0.2) is 20.8 Å². The molecule has 19 heavy (non-hydrogen) atoms. The zero-order valence-corrected chi connectivity index (χ0v) is 13.3. The molecule has 0 atom stereocenters. The van der Waals surface area contributed by atoms with Gasteiger partial charge < -0.3 is 14.8 Å². The molecule has 2 rings (SSSR count). The van der Waals surface area contributed by atoms with Crippen LogP contribution in [0.5, 0.6) is 11.5 Å². The third kappa shape index (κ3) is 3.86. The minimum absolute atomic E-state index is 0.757. The largest absolute Gasteiger partial charge is 0.493 e. The van der Waals surface area contributed by atoms with Crippen LogP contribution in [0.3, 0.4) is 0 Å². The highest BCUT2D eigenvalue weighted by molar-refractivity contribution is 9.10. The first-order chi connectivity index (χ1) is 9.24. The summed E-state index contributed by atoms with van der Waals surface area (Å²) < 4.78 is 11.7. The summed E-state index contributed by atoms with van der Waals surface area (Å²) in [5, 5.41) is 3.50. The monoisotopic (exact) mass is 327 g/mol. The molecule has 0 heterocycles. The van der Waals surface area contributed by atoms with E-state index in [9.17, 15) is 0 Å². The molecule has 4 heteroatoms. The molecule has 0 amide bonds. The van der Waals surface area contributed by atoms with Crippen LogP contribution < -0.4 is 14.8 Å². The molecule has 1 fully saturated rings. The van der Waals surface area contributed by atoms with Crippen molar-refractivity contribution in [3.63, 3.8) is 0 Å². The van der Waals surface area contributed by atoms with Crippen LogP contribution in [-0.2, 0) is 6.54 Å². The minimum atomic E-state index is 0.757. The van der Waals surface area contributed by atoms with Gasteiger partial charge in [-0.1, -0.05) is 35.2 Å². The van der Waals surface area contributed by atoms with E-state index >= 15 is 0 Å². The molecule has 0 aliphatic heterocycles. The third-order valence-corrected chi connectivity index (χ3v) is 4.56. The van der Waals surface area contributed by atoms with Gasteiger partial charge in [0.1, 0.15) is 0 Å². The van der Waals surface area contributed by atoms with Gasteiger partial charge in [0.15, 0.2) is 11.5 Å². The van der Waals surface area contributed by atoms with Gasteiger partial charge in [0.25, 0.3) is 0 Å². The van der Waals surface area contributed by atoms with Crippen LogP contribution in [0.25, 0.3) is 0 Å². The SMILES string of the molecule is COc1cc(Br)c(CNCCC2CCC2)cc1OC. The molecule has 0 spiro atoms. The molecule has 0 aromatic heterocycles. The molecule has 0 radical (unpaired) electrons. The molecule has 0 saturated heterocycles. The normalized spacial score (nSPS) is 15.1. The summed E-state index contributed by atoms with van der Waals surface area (Å²) in [5.41, 5.74) is 1.20. The van der Waals surface area contributed by atoms with Gasteiger partial charge in [-0.2, -0.15) is 0 Å². The van der Waals surface area contributed by atoms with Crippen molar-refractivity contribution in [3.05, 3.63) is 22.2 Å². The Morgan fingerprint density at radius 3 is 2.47 bits per heavy atom. The van der Waals surface area contributed by atoms with Crippen molar-refractivity contribution in [1.29, 1.82) is 0 Å². The molecule has 1 aliphatic carbocycles. The highest BCUT2D eigenvalue weighted by atomic mass is 79.9. The van der Waals surface area contributed by atoms with Gasteiger partial charge in [-0.15, -0.1) is 0 Å². The number of ether oxygens (including phenoxy) is 2. The minimum Gasteiger partial charge on any atom is -0.493 e.